The molecule has 2 N–H and O–H groups in total. The van der Waals surface area contributed by atoms with Crippen molar-refractivity contribution in [2.45, 2.75) is 13.0 Å². The number of morpholine rings is 1. The van der Waals surface area contributed by atoms with Crippen LogP contribution in [0.3, 0.4) is 0 Å². The molecule has 0 spiro atoms. The van der Waals surface area contributed by atoms with Crippen molar-refractivity contribution in [3.8, 4) is 0 Å². The Bertz CT molecular complexity index is 447. The highest BCUT2D eigenvalue weighted by Gasteiger charge is 2.25. The molecule has 1 aromatic rings. The number of nitrogens with two attached hydrogens (primary N) is 1. The average molecular weight is 268 g/mol. The lowest BCUT2D eigenvalue weighted by molar-refractivity contribution is 0.0289. The zero-order valence-corrected chi connectivity index (χ0v) is 11.2. The first-order chi connectivity index (χ1) is 8.59. The number of thiocarbonyl (C=S) groups is 1. The summed E-state index contributed by atoms with van der Waals surface area (Å²) in [5, 5.41) is 0. The molecule has 1 aliphatic heterocycles. The maximum atomic E-state index is 13.3. The Morgan fingerprint density at radius 1 is 1.44 bits per heavy atom. The Hall–Kier alpha value is -1.04. The molecule has 0 aromatic heterocycles. The fourth-order valence-corrected chi connectivity index (χ4v) is 2.51. The van der Waals surface area contributed by atoms with E-state index in [1.54, 1.807) is 13.0 Å². The molecule has 5 heteroatoms. The van der Waals surface area contributed by atoms with Crippen molar-refractivity contribution in [3.63, 3.8) is 0 Å². The van der Waals surface area contributed by atoms with Gasteiger partial charge in [-0.3, -0.25) is 4.90 Å². The van der Waals surface area contributed by atoms with Gasteiger partial charge in [-0.05, 0) is 24.1 Å². The quantitative estimate of drug-likeness (QED) is 0.848. The maximum absolute atomic E-state index is 13.3. The summed E-state index contributed by atoms with van der Waals surface area (Å²) in [6.07, 6.45) is 0. The number of rotatable bonds is 3. The van der Waals surface area contributed by atoms with Crippen LogP contribution in [0.4, 0.5) is 4.39 Å². The van der Waals surface area contributed by atoms with Gasteiger partial charge in [0.1, 0.15) is 5.82 Å². The van der Waals surface area contributed by atoms with Gasteiger partial charge in [0.25, 0.3) is 0 Å². The molecule has 18 heavy (non-hydrogen) atoms. The minimum absolute atomic E-state index is 0.136. The zero-order valence-electron chi connectivity index (χ0n) is 10.4. The van der Waals surface area contributed by atoms with Gasteiger partial charge in [-0.2, -0.15) is 0 Å². The SMILES string of the molecule is Cc1cc(C(C(N)=S)N2CCOCC2)ccc1F. The molecular weight excluding hydrogens is 251 g/mol. The first-order valence-corrected chi connectivity index (χ1v) is 6.37. The van der Waals surface area contributed by atoms with Gasteiger partial charge in [-0.25, -0.2) is 4.39 Å². The van der Waals surface area contributed by atoms with Crippen molar-refractivity contribution in [2.75, 3.05) is 26.3 Å². The van der Waals surface area contributed by atoms with E-state index < -0.39 is 0 Å². The summed E-state index contributed by atoms with van der Waals surface area (Å²) in [5.74, 6) is -0.206. The van der Waals surface area contributed by atoms with Gasteiger partial charge in [0.05, 0.1) is 24.2 Å². The Balaban J connectivity index is 2.28. The molecule has 1 saturated heterocycles. The fraction of sp³-hybridized carbons (Fsp3) is 0.462. The normalized spacial score (nSPS) is 18.6. The standard InChI is InChI=1S/C13H17FN2OS/c1-9-8-10(2-3-11(9)14)12(13(15)18)16-4-6-17-7-5-16/h2-3,8,12H,4-7H2,1H3,(H2,15,18). The molecule has 0 saturated carbocycles. The van der Waals surface area contributed by atoms with E-state index in [4.69, 9.17) is 22.7 Å². The van der Waals surface area contributed by atoms with Crippen LogP contribution in [-0.2, 0) is 4.74 Å². The van der Waals surface area contributed by atoms with Crippen molar-refractivity contribution in [1.29, 1.82) is 0 Å². The summed E-state index contributed by atoms with van der Waals surface area (Å²) < 4.78 is 18.6. The Kier molecular flexibility index (Phi) is 4.27. The van der Waals surface area contributed by atoms with E-state index in [0.29, 0.717) is 23.8 Å². The molecule has 0 radical (unpaired) electrons. The van der Waals surface area contributed by atoms with Crippen LogP contribution in [0.5, 0.6) is 0 Å². The van der Waals surface area contributed by atoms with Crippen LogP contribution in [0.2, 0.25) is 0 Å². The maximum Gasteiger partial charge on any atom is 0.126 e. The highest BCUT2D eigenvalue weighted by molar-refractivity contribution is 7.80. The number of benzene rings is 1. The molecule has 0 aliphatic carbocycles. The fourth-order valence-electron chi connectivity index (χ4n) is 2.23. The van der Waals surface area contributed by atoms with Crippen molar-refractivity contribution in [1.82, 2.24) is 4.90 Å². The molecule has 98 valence electrons. The third kappa shape index (κ3) is 2.85. The van der Waals surface area contributed by atoms with Gasteiger partial charge in [-0.1, -0.05) is 24.4 Å². The second kappa shape index (κ2) is 5.73. The van der Waals surface area contributed by atoms with E-state index in [1.165, 1.54) is 6.07 Å². The van der Waals surface area contributed by atoms with Crippen LogP contribution in [0.25, 0.3) is 0 Å². The van der Waals surface area contributed by atoms with Gasteiger partial charge < -0.3 is 10.5 Å². The summed E-state index contributed by atoms with van der Waals surface area (Å²) in [5.41, 5.74) is 7.40. The molecular formula is C13H17FN2OS. The first-order valence-electron chi connectivity index (χ1n) is 5.97. The molecule has 1 fully saturated rings. The van der Waals surface area contributed by atoms with E-state index in [0.717, 1.165) is 18.7 Å². The molecule has 2 rings (SSSR count). The highest BCUT2D eigenvalue weighted by Crippen LogP contribution is 2.24. The molecule has 1 aromatic carbocycles. The number of hydrogen-bond acceptors (Lipinski definition) is 3. The molecule has 0 bridgehead atoms. The average Bonchev–Trinajstić information content (AvgIpc) is 2.35. The first kappa shape index (κ1) is 13.4. The molecule has 1 atom stereocenters. The third-order valence-corrected chi connectivity index (χ3v) is 3.40. The third-order valence-electron chi connectivity index (χ3n) is 3.18. The van der Waals surface area contributed by atoms with Crippen LogP contribution in [-0.4, -0.2) is 36.2 Å². The van der Waals surface area contributed by atoms with E-state index in [-0.39, 0.29) is 11.9 Å². The van der Waals surface area contributed by atoms with Crippen LogP contribution < -0.4 is 5.73 Å². The predicted octanol–water partition coefficient (Wildman–Crippen LogP) is 1.79. The van der Waals surface area contributed by atoms with Gasteiger partial charge >= 0.3 is 0 Å². The summed E-state index contributed by atoms with van der Waals surface area (Å²) in [7, 11) is 0. The van der Waals surface area contributed by atoms with Crippen molar-refractivity contribution >= 4 is 17.2 Å². The molecule has 0 amide bonds. The van der Waals surface area contributed by atoms with Crippen LogP contribution in [0, 0.1) is 12.7 Å². The smallest absolute Gasteiger partial charge is 0.126 e. The number of halogens is 1. The summed E-state index contributed by atoms with van der Waals surface area (Å²) >= 11 is 5.16. The van der Waals surface area contributed by atoms with E-state index >= 15 is 0 Å². The van der Waals surface area contributed by atoms with Gasteiger partial charge in [-0.15, -0.1) is 0 Å². The van der Waals surface area contributed by atoms with Crippen LogP contribution in [0.15, 0.2) is 18.2 Å². The lowest BCUT2D eigenvalue weighted by atomic mass is 10.0. The predicted molar refractivity (Wildman–Crippen MR) is 73.1 cm³/mol. The van der Waals surface area contributed by atoms with Gasteiger partial charge in [0.15, 0.2) is 0 Å². The van der Waals surface area contributed by atoms with Crippen molar-refractivity contribution in [2.24, 2.45) is 5.73 Å². The van der Waals surface area contributed by atoms with Crippen LogP contribution in [0.1, 0.15) is 17.2 Å². The summed E-state index contributed by atoms with van der Waals surface area (Å²) in [4.78, 5) is 2.60. The number of ether oxygens (including phenoxy) is 1. The minimum Gasteiger partial charge on any atom is -0.392 e. The summed E-state index contributed by atoms with van der Waals surface area (Å²) in [6.45, 7) is 4.68. The second-order valence-electron chi connectivity index (χ2n) is 4.46. The van der Waals surface area contributed by atoms with E-state index in [2.05, 4.69) is 4.90 Å². The Morgan fingerprint density at radius 3 is 2.67 bits per heavy atom. The number of nitrogens with zero attached hydrogens (tertiary/aromatic N) is 1. The molecule has 1 unspecified atom stereocenters. The van der Waals surface area contributed by atoms with Gasteiger partial charge in [0, 0.05) is 13.1 Å². The Morgan fingerprint density at radius 2 is 2.11 bits per heavy atom. The topological polar surface area (TPSA) is 38.5 Å². The molecule has 3 nitrogen and oxygen atoms in total. The summed E-state index contributed by atoms with van der Waals surface area (Å²) in [6, 6.07) is 4.90. The van der Waals surface area contributed by atoms with Crippen molar-refractivity contribution < 1.29 is 9.13 Å². The highest BCUT2D eigenvalue weighted by atomic mass is 32.1. The molecule has 1 aliphatic rings. The van der Waals surface area contributed by atoms with Crippen LogP contribution >= 0.6 is 12.2 Å². The van der Waals surface area contributed by atoms with E-state index in [1.807, 2.05) is 6.07 Å². The zero-order chi connectivity index (χ0) is 13.1. The number of aryl methyl sites for hydroxylation is 1. The molecule has 1 heterocycles. The largest absolute Gasteiger partial charge is 0.392 e. The van der Waals surface area contributed by atoms with E-state index in [9.17, 15) is 4.39 Å². The number of hydrogen-bond donors (Lipinski definition) is 1. The van der Waals surface area contributed by atoms with Crippen molar-refractivity contribution in [3.05, 3.63) is 35.1 Å². The lowest BCUT2D eigenvalue weighted by Gasteiger charge is -2.34. The second-order valence-corrected chi connectivity index (χ2v) is 4.93. The van der Waals surface area contributed by atoms with Gasteiger partial charge in [0.2, 0.25) is 0 Å². The lowest BCUT2D eigenvalue weighted by Crippen LogP contribution is -2.43. The Labute approximate surface area is 112 Å². The monoisotopic (exact) mass is 268 g/mol. The minimum atomic E-state index is -0.206.